The quantitative estimate of drug-likeness (QED) is 0.796. The number of hydrogen-bond acceptors (Lipinski definition) is 3. The van der Waals surface area contributed by atoms with Crippen molar-refractivity contribution in [3.05, 3.63) is 42.5 Å². The fraction of sp³-hybridized carbons (Fsp3) is 0.231. The van der Waals surface area contributed by atoms with Gasteiger partial charge in [0, 0.05) is 6.54 Å². The number of nitrogens with zero attached hydrogens (tertiary/aromatic N) is 1. The summed E-state index contributed by atoms with van der Waals surface area (Å²) in [5, 5.41) is 10.4. The molecule has 1 aliphatic rings. The number of carbonyl (C=O) groups is 1. The summed E-state index contributed by atoms with van der Waals surface area (Å²) < 4.78 is 5.09. The Morgan fingerprint density at radius 3 is 2.72 bits per heavy atom. The van der Waals surface area contributed by atoms with Gasteiger partial charge in [-0.25, -0.2) is 4.79 Å². The number of methoxy groups -OCH3 is 1. The third-order valence-corrected chi connectivity index (χ3v) is 2.84. The van der Waals surface area contributed by atoms with Crippen LogP contribution in [-0.4, -0.2) is 30.4 Å². The second kappa shape index (κ2) is 4.91. The van der Waals surface area contributed by atoms with E-state index >= 15 is 0 Å². The molecule has 0 radical (unpaired) electrons. The summed E-state index contributed by atoms with van der Waals surface area (Å²) in [5.41, 5.74) is 0.876. The summed E-state index contributed by atoms with van der Waals surface area (Å²) in [7, 11) is 1.60. The van der Waals surface area contributed by atoms with Crippen molar-refractivity contribution in [1.29, 1.82) is 5.41 Å². The van der Waals surface area contributed by atoms with E-state index in [2.05, 4.69) is 11.9 Å². The number of urea groups is 1. The summed E-state index contributed by atoms with van der Waals surface area (Å²) in [5.74, 6) is 0.935. The van der Waals surface area contributed by atoms with Gasteiger partial charge in [0.2, 0.25) is 0 Å². The summed E-state index contributed by atoms with van der Waals surface area (Å²) in [4.78, 5) is 13.2. The van der Waals surface area contributed by atoms with Crippen LogP contribution in [0.25, 0.3) is 0 Å². The minimum atomic E-state index is -0.374. The SMILES string of the molecule is C=CCN1C(=O)NC(=N)C1c1ccc(OC)cc1. The molecule has 5 nitrogen and oxygen atoms in total. The first-order valence-corrected chi connectivity index (χ1v) is 5.58. The Labute approximate surface area is 106 Å². The van der Waals surface area contributed by atoms with Crippen molar-refractivity contribution in [1.82, 2.24) is 10.2 Å². The van der Waals surface area contributed by atoms with Crippen LogP contribution in [0.5, 0.6) is 5.75 Å². The molecule has 1 unspecified atom stereocenters. The van der Waals surface area contributed by atoms with E-state index in [9.17, 15) is 4.79 Å². The van der Waals surface area contributed by atoms with Gasteiger partial charge in [0.15, 0.2) is 0 Å². The lowest BCUT2D eigenvalue weighted by Crippen LogP contribution is -2.29. The van der Waals surface area contributed by atoms with Crippen LogP contribution in [0.2, 0.25) is 0 Å². The van der Waals surface area contributed by atoms with Crippen LogP contribution in [0.4, 0.5) is 4.79 Å². The second-order valence-corrected chi connectivity index (χ2v) is 3.96. The van der Waals surface area contributed by atoms with E-state index in [4.69, 9.17) is 10.1 Å². The van der Waals surface area contributed by atoms with Gasteiger partial charge >= 0.3 is 6.03 Å². The van der Waals surface area contributed by atoms with Crippen molar-refractivity contribution >= 4 is 11.9 Å². The van der Waals surface area contributed by atoms with E-state index in [0.717, 1.165) is 11.3 Å². The lowest BCUT2D eigenvalue weighted by atomic mass is 10.1. The Balaban J connectivity index is 2.30. The second-order valence-electron chi connectivity index (χ2n) is 3.96. The minimum absolute atomic E-state index is 0.187. The molecule has 1 saturated heterocycles. The fourth-order valence-corrected chi connectivity index (χ4v) is 1.99. The Morgan fingerprint density at radius 1 is 1.50 bits per heavy atom. The summed E-state index contributed by atoms with van der Waals surface area (Å²) >= 11 is 0. The zero-order valence-corrected chi connectivity index (χ0v) is 10.1. The molecule has 1 heterocycles. The molecule has 1 aromatic carbocycles. The molecule has 5 heteroatoms. The van der Waals surface area contributed by atoms with Gasteiger partial charge in [0.25, 0.3) is 0 Å². The van der Waals surface area contributed by atoms with Crippen molar-refractivity contribution in [2.45, 2.75) is 6.04 Å². The molecule has 0 bridgehead atoms. The Kier molecular flexibility index (Phi) is 3.32. The average molecular weight is 245 g/mol. The highest BCUT2D eigenvalue weighted by Crippen LogP contribution is 2.27. The standard InChI is InChI=1S/C13H15N3O2/c1-3-8-16-11(12(14)15-13(16)17)9-4-6-10(18-2)7-5-9/h3-7,11H,1,8H2,2H3,(H2,14,15,17). The first-order chi connectivity index (χ1) is 8.67. The van der Waals surface area contributed by atoms with Gasteiger partial charge in [-0.15, -0.1) is 6.58 Å². The highest BCUT2D eigenvalue weighted by molar-refractivity contribution is 6.06. The molecule has 1 aromatic rings. The van der Waals surface area contributed by atoms with Gasteiger partial charge in [-0.2, -0.15) is 0 Å². The number of hydrogen-bond donors (Lipinski definition) is 2. The summed E-state index contributed by atoms with van der Waals surface area (Å²) in [6, 6.07) is 6.71. The molecule has 2 N–H and O–H groups in total. The molecule has 2 amide bonds. The highest BCUT2D eigenvalue weighted by atomic mass is 16.5. The lowest BCUT2D eigenvalue weighted by molar-refractivity contribution is 0.211. The van der Waals surface area contributed by atoms with Crippen LogP contribution in [0.15, 0.2) is 36.9 Å². The fourth-order valence-electron chi connectivity index (χ4n) is 1.99. The van der Waals surface area contributed by atoms with Crippen molar-refractivity contribution in [2.75, 3.05) is 13.7 Å². The molecule has 1 aliphatic heterocycles. The van der Waals surface area contributed by atoms with E-state index in [0.29, 0.717) is 6.54 Å². The largest absolute Gasteiger partial charge is 0.497 e. The average Bonchev–Trinajstić information content (AvgIpc) is 2.65. The van der Waals surface area contributed by atoms with Crippen LogP contribution >= 0.6 is 0 Å². The molecule has 1 fully saturated rings. The molecule has 0 aliphatic carbocycles. The maximum Gasteiger partial charge on any atom is 0.323 e. The molecular formula is C13H15N3O2. The van der Waals surface area contributed by atoms with Gasteiger partial charge in [0.1, 0.15) is 17.6 Å². The topological polar surface area (TPSA) is 65.4 Å². The Bertz CT molecular complexity index is 482. The van der Waals surface area contributed by atoms with Gasteiger partial charge in [-0.3, -0.25) is 10.7 Å². The number of nitrogens with one attached hydrogen (secondary N) is 2. The molecule has 2 rings (SSSR count). The molecule has 18 heavy (non-hydrogen) atoms. The Hall–Kier alpha value is -2.30. The van der Waals surface area contributed by atoms with Crippen LogP contribution in [0, 0.1) is 5.41 Å². The number of amides is 2. The smallest absolute Gasteiger partial charge is 0.323 e. The molecule has 0 spiro atoms. The zero-order chi connectivity index (χ0) is 13.1. The van der Waals surface area contributed by atoms with Gasteiger partial charge in [-0.1, -0.05) is 18.2 Å². The van der Waals surface area contributed by atoms with Crippen molar-refractivity contribution < 1.29 is 9.53 Å². The number of amidine groups is 1. The number of ether oxygens (including phenoxy) is 1. The van der Waals surface area contributed by atoms with Crippen molar-refractivity contribution in [3.63, 3.8) is 0 Å². The number of rotatable bonds is 4. The monoisotopic (exact) mass is 245 g/mol. The van der Waals surface area contributed by atoms with E-state index in [-0.39, 0.29) is 17.9 Å². The summed E-state index contributed by atoms with van der Waals surface area (Å²) in [6.07, 6.45) is 1.65. The molecule has 94 valence electrons. The van der Waals surface area contributed by atoms with Crippen LogP contribution in [-0.2, 0) is 0 Å². The third kappa shape index (κ3) is 2.07. The summed E-state index contributed by atoms with van der Waals surface area (Å²) in [6.45, 7) is 4.03. The normalized spacial score (nSPS) is 18.7. The predicted molar refractivity (Wildman–Crippen MR) is 68.9 cm³/mol. The first kappa shape index (κ1) is 12.2. The predicted octanol–water partition coefficient (Wildman–Crippen LogP) is 1.92. The third-order valence-electron chi connectivity index (χ3n) is 2.84. The van der Waals surface area contributed by atoms with Gasteiger partial charge in [-0.05, 0) is 17.7 Å². The van der Waals surface area contributed by atoms with Crippen LogP contribution < -0.4 is 10.1 Å². The number of benzene rings is 1. The maximum absolute atomic E-state index is 11.7. The lowest BCUT2D eigenvalue weighted by Gasteiger charge is -2.21. The van der Waals surface area contributed by atoms with Crippen molar-refractivity contribution in [2.24, 2.45) is 0 Å². The zero-order valence-electron chi connectivity index (χ0n) is 10.1. The highest BCUT2D eigenvalue weighted by Gasteiger charge is 2.35. The van der Waals surface area contributed by atoms with E-state index in [1.165, 1.54) is 0 Å². The molecule has 0 aromatic heterocycles. The maximum atomic E-state index is 11.7. The Morgan fingerprint density at radius 2 is 2.17 bits per heavy atom. The molecule has 1 atom stereocenters. The number of carbonyl (C=O) groups excluding carboxylic acids is 1. The van der Waals surface area contributed by atoms with Gasteiger partial charge < -0.3 is 9.64 Å². The van der Waals surface area contributed by atoms with Gasteiger partial charge in [0.05, 0.1) is 7.11 Å². The van der Waals surface area contributed by atoms with Crippen LogP contribution in [0.1, 0.15) is 11.6 Å². The molecular weight excluding hydrogens is 230 g/mol. The van der Waals surface area contributed by atoms with Crippen LogP contribution in [0.3, 0.4) is 0 Å². The first-order valence-electron chi connectivity index (χ1n) is 5.58. The molecule has 0 saturated carbocycles. The van der Waals surface area contributed by atoms with E-state index < -0.39 is 0 Å². The van der Waals surface area contributed by atoms with Crippen molar-refractivity contribution in [3.8, 4) is 5.75 Å². The van der Waals surface area contributed by atoms with E-state index in [1.807, 2.05) is 24.3 Å². The van der Waals surface area contributed by atoms with E-state index in [1.54, 1.807) is 18.1 Å². The minimum Gasteiger partial charge on any atom is -0.497 e.